The van der Waals surface area contributed by atoms with E-state index in [4.69, 9.17) is 11.1 Å². The molecule has 0 saturated heterocycles. The van der Waals surface area contributed by atoms with Crippen molar-refractivity contribution in [1.29, 1.82) is 5.41 Å². The summed E-state index contributed by atoms with van der Waals surface area (Å²) in [6.07, 6.45) is 0. The van der Waals surface area contributed by atoms with Crippen molar-refractivity contribution in [3.05, 3.63) is 83.4 Å². The van der Waals surface area contributed by atoms with Gasteiger partial charge in [-0.05, 0) is 36.8 Å². The van der Waals surface area contributed by atoms with Crippen LogP contribution in [-0.2, 0) is 6.54 Å². The van der Waals surface area contributed by atoms with E-state index in [1.165, 1.54) is 27.5 Å². The molecular weight excluding hydrogens is 294 g/mol. The molecule has 0 radical (unpaired) electrons. The Kier molecular flexibility index (Phi) is 3.35. The highest BCUT2D eigenvalue weighted by Gasteiger charge is 2.12. The van der Waals surface area contributed by atoms with Gasteiger partial charge in [0.1, 0.15) is 5.84 Å². The molecule has 0 fully saturated rings. The summed E-state index contributed by atoms with van der Waals surface area (Å²) in [5, 5.41) is 10.0. The third-order valence-electron chi connectivity index (χ3n) is 4.51. The minimum Gasteiger partial charge on any atom is -0.384 e. The molecule has 0 aliphatic rings. The fraction of sp³-hybridized carbons (Fsp3) is 0.0952. The molecule has 3 nitrogen and oxygen atoms in total. The number of aryl methyl sites for hydroxylation is 1. The van der Waals surface area contributed by atoms with Gasteiger partial charge < -0.3 is 10.3 Å². The number of nitrogens with one attached hydrogen (secondary N) is 1. The van der Waals surface area contributed by atoms with E-state index in [1.807, 2.05) is 12.1 Å². The summed E-state index contributed by atoms with van der Waals surface area (Å²) in [4.78, 5) is 0. The van der Waals surface area contributed by atoms with Crippen molar-refractivity contribution < 1.29 is 0 Å². The summed E-state index contributed by atoms with van der Waals surface area (Å²) in [5.41, 5.74) is 11.4. The molecule has 0 amide bonds. The van der Waals surface area contributed by atoms with Crippen molar-refractivity contribution >= 4 is 27.6 Å². The van der Waals surface area contributed by atoms with E-state index in [9.17, 15) is 0 Å². The number of aromatic nitrogens is 1. The highest BCUT2D eigenvalue weighted by Crippen LogP contribution is 2.30. The Labute approximate surface area is 140 Å². The van der Waals surface area contributed by atoms with Crippen molar-refractivity contribution in [2.24, 2.45) is 5.73 Å². The maximum absolute atomic E-state index is 7.70. The molecule has 118 valence electrons. The number of hydrogen-bond donors (Lipinski definition) is 2. The zero-order valence-electron chi connectivity index (χ0n) is 13.6. The molecule has 1 heterocycles. The van der Waals surface area contributed by atoms with Gasteiger partial charge in [-0.2, -0.15) is 0 Å². The number of fused-ring (bicyclic) bond motifs is 3. The van der Waals surface area contributed by atoms with Crippen LogP contribution in [0.3, 0.4) is 0 Å². The third-order valence-corrected chi connectivity index (χ3v) is 4.51. The van der Waals surface area contributed by atoms with E-state index in [-0.39, 0.29) is 5.84 Å². The van der Waals surface area contributed by atoms with Crippen LogP contribution < -0.4 is 5.73 Å². The van der Waals surface area contributed by atoms with Gasteiger partial charge in [0.15, 0.2) is 0 Å². The van der Waals surface area contributed by atoms with Crippen molar-refractivity contribution in [3.63, 3.8) is 0 Å². The van der Waals surface area contributed by atoms with E-state index in [0.29, 0.717) is 0 Å². The molecule has 3 aromatic carbocycles. The SMILES string of the molecule is Cc1cccc(Cn2c3ccccc3c3cc(C(=N)N)ccc32)c1. The summed E-state index contributed by atoms with van der Waals surface area (Å²) in [6.45, 7) is 2.94. The number of amidine groups is 1. The molecule has 0 aliphatic carbocycles. The number of nitrogens with zero attached hydrogens (tertiary/aromatic N) is 1. The zero-order valence-corrected chi connectivity index (χ0v) is 13.6. The lowest BCUT2D eigenvalue weighted by Gasteiger charge is -2.09. The van der Waals surface area contributed by atoms with Gasteiger partial charge in [-0.1, -0.05) is 48.0 Å². The molecule has 1 aromatic heterocycles. The first-order valence-electron chi connectivity index (χ1n) is 8.04. The van der Waals surface area contributed by atoms with E-state index in [0.717, 1.165) is 17.5 Å². The maximum Gasteiger partial charge on any atom is 0.122 e. The lowest BCUT2D eigenvalue weighted by molar-refractivity contribution is 0.867. The van der Waals surface area contributed by atoms with Crippen LogP contribution in [0, 0.1) is 12.3 Å². The van der Waals surface area contributed by atoms with Gasteiger partial charge in [0.2, 0.25) is 0 Å². The number of rotatable bonds is 3. The standard InChI is InChI=1S/C21H19N3/c1-14-5-4-6-15(11-14)13-24-19-8-3-2-7-17(19)18-12-16(21(22)23)9-10-20(18)24/h2-12H,13H2,1H3,(H3,22,23). The van der Waals surface area contributed by atoms with Gasteiger partial charge in [-0.3, -0.25) is 5.41 Å². The quantitative estimate of drug-likeness (QED) is 0.426. The van der Waals surface area contributed by atoms with Crippen molar-refractivity contribution in [3.8, 4) is 0 Å². The lowest BCUT2D eigenvalue weighted by Crippen LogP contribution is -2.10. The van der Waals surface area contributed by atoms with Gasteiger partial charge in [0.25, 0.3) is 0 Å². The topological polar surface area (TPSA) is 54.8 Å². The van der Waals surface area contributed by atoms with Crippen LogP contribution in [0.5, 0.6) is 0 Å². The largest absolute Gasteiger partial charge is 0.384 e. The Hall–Kier alpha value is -3.07. The van der Waals surface area contributed by atoms with Crippen LogP contribution in [-0.4, -0.2) is 10.4 Å². The van der Waals surface area contributed by atoms with Gasteiger partial charge >= 0.3 is 0 Å². The van der Waals surface area contributed by atoms with Crippen LogP contribution in [0.15, 0.2) is 66.7 Å². The van der Waals surface area contributed by atoms with Crippen molar-refractivity contribution in [2.75, 3.05) is 0 Å². The Balaban J connectivity index is 1.97. The van der Waals surface area contributed by atoms with Crippen molar-refractivity contribution in [2.45, 2.75) is 13.5 Å². The average molecular weight is 313 g/mol. The number of para-hydroxylation sites is 1. The number of benzene rings is 3. The second kappa shape index (κ2) is 5.53. The molecule has 0 spiro atoms. The normalized spacial score (nSPS) is 11.2. The van der Waals surface area contributed by atoms with Gasteiger partial charge in [-0.15, -0.1) is 0 Å². The molecule has 0 unspecified atom stereocenters. The van der Waals surface area contributed by atoms with Crippen LogP contribution in [0.2, 0.25) is 0 Å². The molecule has 4 aromatic rings. The predicted octanol–water partition coefficient (Wildman–Crippen LogP) is 4.44. The maximum atomic E-state index is 7.70. The molecule has 0 aliphatic heterocycles. The minimum absolute atomic E-state index is 0.104. The molecule has 3 N–H and O–H groups in total. The minimum atomic E-state index is 0.104. The first-order valence-corrected chi connectivity index (χ1v) is 8.04. The molecule has 0 saturated carbocycles. The third kappa shape index (κ3) is 2.35. The number of hydrogen-bond acceptors (Lipinski definition) is 1. The molecular formula is C21H19N3. The molecule has 24 heavy (non-hydrogen) atoms. The summed E-state index contributed by atoms with van der Waals surface area (Å²) in [7, 11) is 0. The van der Waals surface area contributed by atoms with Crippen LogP contribution in [0.25, 0.3) is 21.8 Å². The van der Waals surface area contributed by atoms with Crippen molar-refractivity contribution in [1.82, 2.24) is 4.57 Å². The van der Waals surface area contributed by atoms with E-state index < -0.39 is 0 Å². The lowest BCUT2D eigenvalue weighted by atomic mass is 10.1. The number of nitrogen functional groups attached to an aromatic ring is 1. The zero-order chi connectivity index (χ0) is 16.7. The summed E-state index contributed by atoms with van der Waals surface area (Å²) in [5.74, 6) is 0.104. The number of nitrogens with two attached hydrogens (primary N) is 1. The molecule has 0 atom stereocenters. The van der Waals surface area contributed by atoms with E-state index in [2.05, 4.69) is 66.1 Å². The second-order valence-electron chi connectivity index (χ2n) is 6.24. The second-order valence-corrected chi connectivity index (χ2v) is 6.24. The Morgan fingerprint density at radius 2 is 1.71 bits per heavy atom. The average Bonchev–Trinajstić information content (AvgIpc) is 2.89. The van der Waals surface area contributed by atoms with Gasteiger partial charge in [0, 0.05) is 33.9 Å². The smallest absolute Gasteiger partial charge is 0.122 e. The highest BCUT2D eigenvalue weighted by atomic mass is 15.0. The summed E-state index contributed by atoms with van der Waals surface area (Å²) >= 11 is 0. The molecule has 3 heteroatoms. The van der Waals surface area contributed by atoms with Crippen LogP contribution in [0.1, 0.15) is 16.7 Å². The van der Waals surface area contributed by atoms with Crippen LogP contribution in [0.4, 0.5) is 0 Å². The fourth-order valence-corrected chi connectivity index (χ4v) is 3.38. The monoisotopic (exact) mass is 313 g/mol. The fourth-order valence-electron chi connectivity index (χ4n) is 3.38. The van der Waals surface area contributed by atoms with Gasteiger partial charge in [0.05, 0.1) is 0 Å². The Morgan fingerprint density at radius 1 is 0.917 bits per heavy atom. The first kappa shape index (κ1) is 14.5. The van der Waals surface area contributed by atoms with Gasteiger partial charge in [-0.25, -0.2) is 0 Å². The van der Waals surface area contributed by atoms with E-state index >= 15 is 0 Å². The molecule has 4 rings (SSSR count). The summed E-state index contributed by atoms with van der Waals surface area (Å²) in [6, 6.07) is 23.0. The predicted molar refractivity (Wildman–Crippen MR) is 101 cm³/mol. The summed E-state index contributed by atoms with van der Waals surface area (Å²) < 4.78 is 2.34. The van der Waals surface area contributed by atoms with E-state index in [1.54, 1.807) is 0 Å². The highest BCUT2D eigenvalue weighted by molar-refractivity contribution is 6.10. The molecule has 0 bridgehead atoms. The Bertz CT molecular complexity index is 1070. The Morgan fingerprint density at radius 3 is 2.50 bits per heavy atom. The van der Waals surface area contributed by atoms with Crippen LogP contribution >= 0.6 is 0 Å². The first-order chi connectivity index (χ1) is 11.6.